The predicted octanol–water partition coefficient (Wildman–Crippen LogP) is 3.48. The van der Waals surface area contributed by atoms with Crippen molar-refractivity contribution >= 4 is 28.6 Å². The van der Waals surface area contributed by atoms with E-state index in [0.29, 0.717) is 24.5 Å². The van der Waals surface area contributed by atoms with Crippen molar-refractivity contribution in [3.63, 3.8) is 0 Å². The van der Waals surface area contributed by atoms with Gasteiger partial charge in [-0.3, -0.25) is 9.48 Å². The zero-order valence-corrected chi connectivity index (χ0v) is 20.5. The Morgan fingerprint density at radius 2 is 1.97 bits per heavy atom. The standard InChI is InChI=1S/C27H29N7O3/c35-25(36)14-24(20-15-29-27(30-16-20)33-10-2-11-33)34-23-7-6-22(13-19(23)17-31-34)37-12-8-21-5-4-18-3-1-9-28-26(18)32-21/h4-7,13,15-17,24H,1-3,8-12,14H2,(H,28,32)(H,35,36). The maximum Gasteiger partial charge on any atom is 0.305 e. The van der Waals surface area contributed by atoms with Crippen LogP contribution in [-0.4, -0.2) is 62.0 Å². The van der Waals surface area contributed by atoms with Crippen LogP contribution in [0.15, 0.2) is 48.9 Å². The van der Waals surface area contributed by atoms with Gasteiger partial charge in [-0.1, -0.05) is 6.07 Å². The highest BCUT2D eigenvalue weighted by Gasteiger charge is 2.23. The number of carboxylic acids is 1. The zero-order chi connectivity index (χ0) is 25.2. The van der Waals surface area contributed by atoms with Crippen molar-refractivity contribution in [1.29, 1.82) is 0 Å². The van der Waals surface area contributed by atoms with Crippen molar-refractivity contribution < 1.29 is 14.6 Å². The van der Waals surface area contributed by atoms with Crippen LogP contribution < -0.4 is 15.0 Å². The summed E-state index contributed by atoms with van der Waals surface area (Å²) in [5, 5.41) is 18.4. The molecule has 0 amide bonds. The van der Waals surface area contributed by atoms with Crippen molar-refractivity contribution in [2.45, 2.75) is 38.1 Å². The van der Waals surface area contributed by atoms with Crippen molar-refractivity contribution in [2.75, 3.05) is 36.5 Å². The van der Waals surface area contributed by atoms with Gasteiger partial charge in [0.1, 0.15) is 11.6 Å². The third-order valence-corrected chi connectivity index (χ3v) is 6.99. The van der Waals surface area contributed by atoms with Gasteiger partial charge in [-0.05, 0) is 49.1 Å². The molecule has 1 saturated heterocycles. The number of anilines is 2. The molecule has 37 heavy (non-hydrogen) atoms. The molecule has 0 radical (unpaired) electrons. The molecule has 1 fully saturated rings. The molecule has 1 atom stereocenters. The molecule has 1 unspecified atom stereocenters. The highest BCUT2D eigenvalue weighted by Crippen LogP contribution is 2.29. The SMILES string of the molecule is O=C(O)CC(c1cnc(N2CCC2)nc1)n1ncc2cc(OCCc3ccc4c(n3)NCCC4)ccc21. The number of carbonyl (C=O) groups is 1. The van der Waals surface area contributed by atoms with Crippen molar-refractivity contribution in [2.24, 2.45) is 0 Å². The first-order chi connectivity index (χ1) is 18.1. The molecular formula is C27H29N7O3. The lowest BCUT2D eigenvalue weighted by atomic mass is 10.1. The number of aliphatic carboxylic acids is 1. The van der Waals surface area contributed by atoms with Crippen molar-refractivity contribution in [3.05, 3.63) is 65.7 Å². The van der Waals surface area contributed by atoms with E-state index in [1.165, 1.54) is 5.56 Å². The first kappa shape index (κ1) is 23.2. The fourth-order valence-corrected chi connectivity index (χ4v) is 4.84. The Labute approximate surface area is 214 Å². The van der Waals surface area contributed by atoms with Gasteiger partial charge in [-0.25, -0.2) is 15.0 Å². The average molecular weight is 500 g/mol. The summed E-state index contributed by atoms with van der Waals surface area (Å²) in [5.41, 5.74) is 3.82. The van der Waals surface area contributed by atoms with Gasteiger partial charge in [-0.15, -0.1) is 0 Å². The molecule has 4 aromatic rings. The Balaban J connectivity index is 1.16. The predicted molar refractivity (Wildman–Crippen MR) is 139 cm³/mol. The molecule has 0 aliphatic carbocycles. The molecule has 10 heteroatoms. The number of ether oxygens (including phenoxy) is 1. The van der Waals surface area contributed by atoms with Gasteiger partial charge in [0, 0.05) is 55.1 Å². The summed E-state index contributed by atoms with van der Waals surface area (Å²) in [6.45, 7) is 3.38. The molecule has 2 aliphatic heterocycles. The van der Waals surface area contributed by atoms with Crippen LogP contribution >= 0.6 is 0 Å². The quantitative estimate of drug-likeness (QED) is 0.357. The van der Waals surface area contributed by atoms with Crippen LogP contribution in [0.25, 0.3) is 10.9 Å². The molecule has 6 rings (SSSR count). The number of aromatic nitrogens is 5. The Kier molecular flexibility index (Phi) is 6.30. The molecule has 5 heterocycles. The van der Waals surface area contributed by atoms with E-state index < -0.39 is 12.0 Å². The third-order valence-electron chi connectivity index (χ3n) is 6.99. The van der Waals surface area contributed by atoms with Crippen LogP contribution in [0.4, 0.5) is 11.8 Å². The van der Waals surface area contributed by atoms with Gasteiger partial charge in [-0.2, -0.15) is 5.10 Å². The lowest BCUT2D eigenvalue weighted by molar-refractivity contribution is -0.137. The fourth-order valence-electron chi connectivity index (χ4n) is 4.84. The second-order valence-corrected chi connectivity index (χ2v) is 9.52. The van der Waals surface area contributed by atoms with Crippen LogP contribution in [0.1, 0.15) is 42.1 Å². The summed E-state index contributed by atoms with van der Waals surface area (Å²) in [6, 6.07) is 9.46. The minimum absolute atomic E-state index is 0.121. The van der Waals surface area contributed by atoms with E-state index in [9.17, 15) is 9.90 Å². The number of hydrogen-bond acceptors (Lipinski definition) is 8. The second kappa shape index (κ2) is 10.0. The number of rotatable bonds is 9. The third kappa shape index (κ3) is 4.91. The van der Waals surface area contributed by atoms with Crippen molar-refractivity contribution in [1.82, 2.24) is 24.7 Å². The molecule has 0 saturated carbocycles. The number of benzene rings is 1. The maximum absolute atomic E-state index is 11.7. The monoisotopic (exact) mass is 499 g/mol. The summed E-state index contributed by atoms with van der Waals surface area (Å²) in [5.74, 6) is 1.50. The summed E-state index contributed by atoms with van der Waals surface area (Å²) < 4.78 is 7.75. The van der Waals surface area contributed by atoms with E-state index >= 15 is 0 Å². The molecule has 3 aromatic heterocycles. The van der Waals surface area contributed by atoms with Crippen molar-refractivity contribution in [3.8, 4) is 5.75 Å². The minimum Gasteiger partial charge on any atom is -0.493 e. The van der Waals surface area contributed by atoms with Gasteiger partial charge in [0.05, 0.1) is 30.8 Å². The van der Waals surface area contributed by atoms with Crippen LogP contribution in [0.5, 0.6) is 5.75 Å². The van der Waals surface area contributed by atoms with E-state index in [-0.39, 0.29) is 6.42 Å². The van der Waals surface area contributed by atoms with Gasteiger partial charge in [0.2, 0.25) is 5.95 Å². The fraction of sp³-hybridized carbons (Fsp3) is 0.370. The zero-order valence-electron chi connectivity index (χ0n) is 20.5. The number of carboxylic acid groups (broad SMARTS) is 1. The summed E-state index contributed by atoms with van der Waals surface area (Å²) in [4.78, 5) is 27.5. The molecule has 190 valence electrons. The topological polar surface area (TPSA) is 118 Å². The van der Waals surface area contributed by atoms with E-state index in [4.69, 9.17) is 9.72 Å². The number of nitrogens with zero attached hydrogens (tertiary/aromatic N) is 6. The lowest BCUT2D eigenvalue weighted by Gasteiger charge is -2.30. The molecule has 10 nitrogen and oxygen atoms in total. The molecular weight excluding hydrogens is 470 g/mol. The second-order valence-electron chi connectivity index (χ2n) is 9.52. The van der Waals surface area contributed by atoms with Crippen LogP contribution in [0.2, 0.25) is 0 Å². The lowest BCUT2D eigenvalue weighted by Crippen LogP contribution is -2.38. The first-order valence-electron chi connectivity index (χ1n) is 12.8. The number of nitrogens with one attached hydrogen (secondary N) is 1. The molecule has 0 bridgehead atoms. The highest BCUT2D eigenvalue weighted by molar-refractivity contribution is 5.81. The number of fused-ring (bicyclic) bond motifs is 2. The molecule has 0 spiro atoms. The van der Waals surface area contributed by atoms with E-state index in [1.807, 2.05) is 18.2 Å². The number of hydrogen-bond donors (Lipinski definition) is 2. The molecule has 2 aliphatic rings. The van der Waals surface area contributed by atoms with Crippen LogP contribution in [-0.2, 0) is 17.6 Å². The van der Waals surface area contributed by atoms with Gasteiger partial charge >= 0.3 is 5.97 Å². The minimum atomic E-state index is -0.911. The van der Waals surface area contributed by atoms with E-state index in [2.05, 4.69) is 37.4 Å². The first-order valence-corrected chi connectivity index (χ1v) is 12.8. The van der Waals surface area contributed by atoms with E-state index in [1.54, 1.807) is 23.3 Å². The Morgan fingerprint density at radius 3 is 2.76 bits per heavy atom. The normalized spacial score (nSPS) is 15.5. The molecule has 1 aromatic carbocycles. The maximum atomic E-state index is 11.7. The number of aryl methyl sites for hydroxylation is 1. The van der Waals surface area contributed by atoms with Crippen LogP contribution in [0.3, 0.4) is 0 Å². The Bertz CT molecular complexity index is 1420. The van der Waals surface area contributed by atoms with Crippen LogP contribution in [0, 0.1) is 0 Å². The summed E-state index contributed by atoms with van der Waals surface area (Å²) in [7, 11) is 0. The van der Waals surface area contributed by atoms with E-state index in [0.717, 1.165) is 67.1 Å². The largest absolute Gasteiger partial charge is 0.493 e. The summed E-state index contributed by atoms with van der Waals surface area (Å²) >= 11 is 0. The number of pyridine rings is 1. The summed E-state index contributed by atoms with van der Waals surface area (Å²) in [6.07, 6.45) is 9.11. The van der Waals surface area contributed by atoms with Gasteiger partial charge in [0.15, 0.2) is 0 Å². The van der Waals surface area contributed by atoms with Gasteiger partial charge in [0.25, 0.3) is 0 Å². The van der Waals surface area contributed by atoms with Gasteiger partial charge < -0.3 is 20.1 Å². The Hall–Kier alpha value is -4.21. The Morgan fingerprint density at radius 1 is 1.11 bits per heavy atom. The molecule has 2 N–H and O–H groups in total. The smallest absolute Gasteiger partial charge is 0.305 e. The average Bonchev–Trinajstić information content (AvgIpc) is 3.30. The highest BCUT2D eigenvalue weighted by atomic mass is 16.5.